The highest BCUT2D eigenvalue weighted by atomic mass is 16.2. The van der Waals surface area contributed by atoms with Gasteiger partial charge in [0.05, 0.1) is 11.3 Å². The number of likely N-dealkylation sites (tertiary alicyclic amines) is 1. The number of allylic oxidation sites excluding steroid dienone is 3. The molecule has 2 fully saturated rings. The first-order valence-corrected chi connectivity index (χ1v) is 6.79. The fourth-order valence-corrected chi connectivity index (χ4v) is 4.50. The number of nitrogens with zero attached hydrogens (tertiary/aromatic N) is 1. The standard InChI is InChI=1S/C16H19NO2/c1-4-7-16-12(11-6-8-15(16,3)10-11)13(18)17(9-5-2)14(16)19/h4-6,8,11-12H,1-2,7,9-10H2,3H3. The number of carbonyl (C=O) groups is 2. The summed E-state index contributed by atoms with van der Waals surface area (Å²) in [6.07, 6.45) is 9.15. The van der Waals surface area contributed by atoms with E-state index >= 15 is 0 Å². The molecule has 0 spiro atoms. The Bertz CT molecular complexity index is 521. The summed E-state index contributed by atoms with van der Waals surface area (Å²) in [5.41, 5.74) is -0.812. The van der Waals surface area contributed by atoms with Gasteiger partial charge in [0.15, 0.2) is 0 Å². The van der Waals surface area contributed by atoms with Gasteiger partial charge >= 0.3 is 0 Å². The van der Waals surface area contributed by atoms with E-state index in [4.69, 9.17) is 0 Å². The Labute approximate surface area is 113 Å². The summed E-state index contributed by atoms with van der Waals surface area (Å²) in [5.74, 6) is -0.0503. The van der Waals surface area contributed by atoms with Crippen molar-refractivity contribution >= 4 is 11.8 Å². The first-order valence-electron chi connectivity index (χ1n) is 6.79. The number of fused-ring (bicyclic) bond motifs is 5. The highest BCUT2D eigenvalue weighted by molar-refractivity contribution is 6.09. The molecule has 3 nitrogen and oxygen atoms in total. The highest BCUT2D eigenvalue weighted by Gasteiger charge is 2.73. The second-order valence-corrected chi connectivity index (χ2v) is 6.13. The molecule has 4 unspecified atom stereocenters. The Balaban J connectivity index is 2.15. The van der Waals surface area contributed by atoms with Crippen molar-refractivity contribution in [2.75, 3.05) is 6.54 Å². The zero-order valence-corrected chi connectivity index (χ0v) is 11.3. The van der Waals surface area contributed by atoms with Crippen LogP contribution in [-0.4, -0.2) is 23.3 Å². The van der Waals surface area contributed by atoms with Gasteiger partial charge in [-0.25, -0.2) is 0 Å². The van der Waals surface area contributed by atoms with E-state index in [1.165, 1.54) is 4.90 Å². The van der Waals surface area contributed by atoms with Crippen LogP contribution in [0.25, 0.3) is 0 Å². The lowest BCUT2D eigenvalue weighted by molar-refractivity contribution is -0.143. The molecule has 0 aromatic carbocycles. The first kappa shape index (κ1) is 12.4. The third-order valence-corrected chi connectivity index (χ3v) is 5.29. The molecule has 1 heterocycles. The van der Waals surface area contributed by atoms with Crippen LogP contribution >= 0.6 is 0 Å². The fraction of sp³-hybridized carbons (Fsp3) is 0.500. The summed E-state index contributed by atoms with van der Waals surface area (Å²) in [6, 6.07) is 0. The summed E-state index contributed by atoms with van der Waals surface area (Å²) in [6.45, 7) is 9.87. The zero-order chi connectivity index (χ0) is 13.8. The van der Waals surface area contributed by atoms with E-state index in [1.54, 1.807) is 12.2 Å². The average Bonchev–Trinajstić information content (AvgIpc) is 2.93. The van der Waals surface area contributed by atoms with Gasteiger partial charge in [-0.15, -0.1) is 13.2 Å². The number of hydrogen-bond acceptors (Lipinski definition) is 2. The van der Waals surface area contributed by atoms with E-state index in [9.17, 15) is 9.59 Å². The van der Waals surface area contributed by atoms with E-state index in [0.717, 1.165) is 6.42 Å². The van der Waals surface area contributed by atoms with Crippen molar-refractivity contribution in [3.8, 4) is 0 Å². The van der Waals surface area contributed by atoms with Crippen LogP contribution in [0.1, 0.15) is 19.8 Å². The molecular weight excluding hydrogens is 238 g/mol. The number of imide groups is 1. The van der Waals surface area contributed by atoms with Crippen LogP contribution in [0, 0.1) is 22.7 Å². The molecule has 3 rings (SSSR count). The number of carbonyl (C=O) groups excluding carboxylic acids is 2. The van der Waals surface area contributed by atoms with Crippen LogP contribution in [0.3, 0.4) is 0 Å². The summed E-state index contributed by atoms with van der Waals surface area (Å²) >= 11 is 0. The van der Waals surface area contributed by atoms with Crippen molar-refractivity contribution in [2.45, 2.75) is 19.8 Å². The molecule has 1 aliphatic heterocycles. The van der Waals surface area contributed by atoms with E-state index in [-0.39, 0.29) is 29.1 Å². The minimum absolute atomic E-state index is 0.0233. The zero-order valence-electron chi connectivity index (χ0n) is 11.3. The maximum Gasteiger partial charge on any atom is 0.237 e. The third kappa shape index (κ3) is 1.18. The molecule has 1 saturated heterocycles. The predicted molar refractivity (Wildman–Crippen MR) is 73.0 cm³/mol. The van der Waals surface area contributed by atoms with Crippen LogP contribution in [0.5, 0.6) is 0 Å². The SMILES string of the molecule is C=CCN1C(=O)C2C3C=CC(C)(C3)C2(CC=C)C1=O. The lowest BCUT2D eigenvalue weighted by atomic mass is 9.60. The molecule has 3 aliphatic rings. The molecule has 2 amide bonds. The molecule has 3 heteroatoms. The molecule has 100 valence electrons. The van der Waals surface area contributed by atoms with Gasteiger partial charge in [-0.3, -0.25) is 14.5 Å². The molecule has 4 atom stereocenters. The maximum absolute atomic E-state index is 12.9. The number of amides is 2. The van der Waals surface area contributed by atoms with Crippen molar-refractivity contribution in [2.24, 2.45) is 22.7 Å². The van der Waals surface area contributed by atoms with Gasteiger partial charge in [0.1, 0.15) is 0 Å². The average molecular weight is 257 g/mol. The van der Waals surface area contributed by atoms with Crippen LogP contribution < -0.4 is 0 Å². The van der Waals surface area contributed by atoms with Crippen LogP contribution in [-0.2, 0) is 9.59 Å². The van der Waals surface area contributed by atoms with Crippen molar-refractivity contribution < 1.29 is 9.59 Å². The Hall–Kier alpha value is -1.64. The molecule has 2 bridgehead atoms. The minimum Gasteiger partial charge on any atom is -0.278 e. The number of hydrogen-bond donors (Lipinski definition) is 0. The van der Waals surface area contributed by atoms with Crippen molar-refractivity contribution in [1.29, 1.82) is 0 Å². The summed E-state index contributed by atoms with van der Waals surface area (Å²) in [5, 5.41) is 0. The van der Waals surface area contributed by atoms with Crippen molar-refractivity contribution in [3.05, 3.63) is 37.5 Å². The van der Waals surface area contributed by atoms with Gasteiger partial charge < -0.3 is 0 Å². The molecule has 0 N–H and O–H groups in total. The fourth-order valence-electron chi connectivity index (χ4n) is 4.50. The van der Waals surface area contributed by atoms with Gasteiger partial charge in [-0.2, -0.15) is 0 Å². The minimum atomic E-state index is -0.603. The summed E-state index contributed by atoms with van der Waals surface area (Å²) in [7, 11) is 0. The summed E-state index contributed by atoms with van der Waals surface area (Å²) in [4.78, 5) is 26.8. The molecule has 0 aromatic heterocycles. The Kier molecular flexibility index (Phi) is 2.40. The second kappa shape index (κ2) is 3.69. The van der Waals surface area contributed by atoms with Crippen LogP contribution in [0.15, 0.2) is 37.5 Å². The van der Waals surface area contributed by atoms with E-state index in [0.29, 0.717) is 13.0 Å². The smallest absolute Gasteiger partial charge is 0.237 e. The van der Waals surface area contributed by atoms with Crippen molar-refractivity contribution in [3.63, 3.8) is 0 Å². The first-order chi connectivity index (χ1) is 9.02. The molecule has 1 saturated carbocycles. The topological polar surface area (TPSA) is 37.4 Å². The molecule has 19 heavy (non-hydrogen) atoms. The van der Waals surface area contributed by atoms with Gasteiger partial charge in [0.2, 0.25) is 11.8 Å². The Morgan fingerprint density at radius 1 is 1.42 bits per heavy atom. The van der Waals surface area contributed by atoms with Gasteiger partial charge in [0, 0.05) is 12.0 Å². The molecule has 0 radical (unpaired) electrons. The number of rotatable bonds is 4. The Morgan fingerprint density at radius 3 is 2.79 bits per heavy atom. The van der Waals surface area contributed by atoms with Crippen LogP contribution in [0.4, 0.5) is 0 Å². The van der Waals surface area contributed by atoms with E-state index < -0.39 is 5.41 Å². The van der Waals surface area contributed by atoms with Crippen LogP contribution in [0.2, 0.25) is 0 Å². The maximum atomic E-state index is 12.9. The predicted octanol–water partition coefficient (Wildman–Crippen LogP) is 2.32. The largest absolute Gasteiger partial charge is 0.278 e. The third-order valence-electron chi connectivity index (χ3n) is 5.29. The van der Waals surface area contributed by atoms with E-state index in [1.807, 2.05) is 0 Å². The molecule has 2 aliphatic carbocycles. The lowest BCUT2D eigenvalue weighted by Gasteiger charge is -2.39. The summed E-state index contributed by atoms with van der Waals surface area (Å²) < 4.78 is 0. The molecular formula is C16H19NO2. The monoisotopic (exact) mass is 257 g/mol. The Morgan fingerprint density at radius 2 is 2.16 bits per heavy atom. The lowest BCUT2D eigenvalue weighted by Crippen LogP contribution is -2.45. The van der Waals surface area contributed by atoms with Gasteiger partial charge in [0.25, 0.3) is 0 Å². The van der Waals surface area contributed by atoms with Crippen molar-refractivity contribution in [1.82, 2.24) is 4.90 Å². The van der Waals surface area contributed by atoms with E-state index in [2.05, 4.69) is 32.2 Å². The normalized spacial score (nSPS) is 42.9. The molecule has 0 aromatic rings. The van der Waals surface area contributed by atoms with Gasteiger partial charge in [-0.05, 0) is 18.8 Å². The highest BCUT2D eigenvalue weighted by Crippen LogP contribution is 2.68. The second-order valence-electron chi connectivity index (χ2n) is 6.13. The quantitative estimate of drug-likeness (QED) is 0.572. The van der Waals surface area contributed by atoms with Gasteiger partial charge in [-0.1, -0.05) is 31.2 Å².